The molecule has 1 aliphatic heterocycles. The summed E-state index contributed by atoms with van der Waals surface area (Å²) in [6, 6.07) is -1.09. The maximum Gasteiger partial charge on any atom is 0.463 e. The van der Waals surface area contributed by atoms with Gasteiger partial charge in [0.15, 0.2) is 0 Å². The Morgan fingerprint density at radius 1 is 1.29 bits per heavy atom. The first-order chi connectivity index (χ1) is 7.59. The molecule has 9 heteroatoms. The molecule has 1 heterocycles. The fourth-order valence-electron chi connectivity index (χ4n) is 1.54. The Bertz CT molecular complexity index is 307. The molecule has 17 heavy (non-hydrogen) atoms. The van der Waals surface area contributed by atoms with Crippen molar-refractivity contribution in [3.63, 3.8) is 0 Å². The Morgan fingerprint density at radius 3 is 2.18 bits per heavy atom. The molecule has 2 atom stereocenters. The Labute approximate surface area is 93.4 Å². The third-order valence-corrected chi connectivity index (χ3v) is 2.59. The third-order valence-electron chi connectivity index (χ3n) is 2.59. The molecule has 1 rings (SSSR count). The van der Waals surface area contributed by atoms with E-state index in [0.717, 1.165) is 7.05 Å². The zero-order valence-corrected chi connectivity index (χ0v) is 8.76. The van der Waals surface area contributed by atoms with Crippen LogP contribution in [-0.4, -0.2) is 60.3 Å². The highest BCUT2D eigenvalue weighted by atomic mass is 19.4. The summed E-state index contributed by atoms with van der Waals surface area (Å²) in [6.45, 7) is 0.0111. The number of halogens is 5. The minimum absolute atomic E-state index is 0.0304. The average Bonchev–Trinajstić information content (AvgIpc) is 2.60. The van der Waals surface area contributed by atoms with Crippen LogP contribution in [0.1, 0.15) is 0 Å². The fourth-order valence-corrected chi connectivity index (χ4v) is 1.54. The van der Waals surface area contributed by atoms with E-state index in [-0.39, 0.29) is 18.0 Å². The molecule has 100 valence electrons. The summed E-state index contributed by atoms with van der Waals surface area (Å²) < 4.78 is 61.3. The van der Waals surface area contributed by atoms with Crippen molar-refractivity contribution < 1.29 is 31.9 Å². The number of amides is 1. The van der Waals surface area contributed by atoms with Gasteiger partial charge in [-0.3, -0.25) is 4.79 Å². The number of hydrogen-bond acceptors (Lipinski definition) is 3. The standard InChI is InChI=1S/C8H11F5N2O2/c1-15(4-2-14-3-5(4)16)6(17)7(9,10)8(11,12)13/h4-5,14,16H,2-3H2,1H3/t4-,5-/m1/s1. The number of aliphatic hydroxyl groups is 1. The number of nitrogens with zero attached hydrogens (tertiary/aromatic N) is 1. The van der Waals surface area contributed by atoms with Crippen LogP contribution in [0, 0.1) is 0 Å². The number of β-amino-alcohol motifs (C(OH)–C–C–N with tert-alkyl or cyclic N) is 1. The molecule has 1 amide bonds. The normalized spacial score (nSPS) is 26.1. The fraction of sp³-hybridized carbons (Fsp3) is 0.875. The van der Waals surface area contributed by atoms with Gasteiger partial charge in [0.05, 0.1) is 12.1 Å². The van der Waals surface area contributed by atoms with Gasteiger partial charge < -0.3 is 15.3 Å². The minimum atomic E-state index is -5.94. The van der Waals surface area contributed by atoms with Crippen LogP contribution in [0.15, 0.2) is 0 Å². The van der Waals surface area contributed by atoms with Gasteiger partial charge in [-0.05, 0) is 0 Å². The van der Waals surface area contributed by atoms with E-state index in [1.807, 2.05) is 0 Å². The van der Waals surface area contributed by atoms with Crippen molar-refractivity contribution >= 4 is 5.91 Å². The summed E-state index contributed by atoms with van der Waals surface area (Å²) in [5.74, 6) is -7.80. The SMILES string of the molecule is CN(C(=O)C(F)(F)C(F)(F)F)[C@@H]1CNC[C@H]1O. The van der Waals surface area contributed by atoms with Crippen LogP contribution in [0.5, 0.6) is 0 Å². The first-order valence-electron chi connectivity index (χ1n) is 4.69. The summed E-state index contributed by atoms with van der Waals surface area (Å²) in [7, 11) is 0.808. The number of likely N-dealkylation sites (N-methyl/N-ethyl adjacent to an activating group) is 1. The molecule has 0 bridgehead atoms. The van der Waals surface area contributed by atoms with Crippen molar-refractivity contribution in [3.05, 3.63) is 0 Å². The van der Waals surface area contributed by atoms with Gasteiger partial charge in [-0.15, -0.1) is 0 Å². The van der Waals surface area contributed by atoms with E-state index in [1.165, 1.54) is 0 Å². The maximum atomic E-state index is 12.7. The van der Waals surface area contributed by atoms with E-state index in [0.29, 0.717) is 0 Å². The Kier molecular flexibility index (Phi) is 3.63. The summed E-state index contributed by atoms with van der Waals surface area (Å²) in [5.41, 5.74) is 0. The van der Waals surface area contributed by atoms with Gasteiger partial charge in [0.25, 0.3) is 0 Å². The number of rotatable bonds is 2. The summed E-state index contributed by atoms with van der Waals surface area (Å²) in [5, 5.41) is 11.9. The van der Waals surface area contributed by atoms with Gasteiger partial charge in [0.2, 0.25) is 0 Å². The van der Waals surface area contributed by atoms with Crippen molar-refractivity contribution in [1.82, 2.24) is 10.2 Å². The molecule has 1 saturated heterocycles. The molecule has 0 aromatic rings. The largest absolute Gasteiger partial charge is 0.463 e. The first-order valence-corrected chi connectivity index (χ1v) is 4.69. The van der Waals surface area contributed by atoms with E-state index in [1.54, 1.807) is 0 Å². The maximum absolute atomic E-state index is 12.7. The first kappa shape index (κ1) is 14.1. The second-order valence-electron chi connectivity index (χ2n) is 3.78. The van der Waals surface area contributed by atoms with Crippen LogP contribution in [0.2, 0.25) is 0 Å². The molecule has 0 aromatic carbocycles. The van der Waals surface area contributed by atoms with Crippen LogP contribution in [-0.2, 0) is 4.79 Å². The Balaban J connectivity index is 2.83. The summed E-state index contributed by atoms with van der Waals surface area (Å²) in [4.78, 5) is 11.3. The second-order valence-corrected chi connectivity index (χ2v) is 3.78. The smallest absolute Gasteiger partial charge is 0.390 e. The van der Waals surface area contributed by atoms with Crippen molar-refractivity contribution in [2.75, 3.05) is 20.1 Å². The third kappa shape index (κ3) is 2.49. The lowest BCUT2D eigenvalue weighted by molar-refractivity contribution is -0.275. The molecule has 0 saturated carbocycles. The van der Waals surface area contributed by atoms with Gasteiger partial charge >= 0.3 is 18.0 Å². The van der Waals surface area contributed by atoms with Crippen molar-refractivity contribution in [3.8, 4) is 0 Å². The summed E-state index contributed by atoms with van der Waals surface area (Å²) in [6.07, 6.45) is -7.09. The molecule has 2 N–H and O–H groups in total. The molecule has 0 radical (unpaired) electrons. The van der Waals surface area contributed by atoms with Gasteiger partial charge in [-0.25, -0.2) is 0 Å². The topological polar surface area (TPSA) is 52.6 Å². The monoisotopic (exact) mass is 262 g/mol. The molecule has 0 aliphatic carbocycles. The van der Waals surface area contributed by atoms with E-state index >= 15 is 0 Å². The van der Waals surface area contributed by atoms with Crippen molar-refractivity contribution in [2.45, 2.75) is 24.2 Å². The lowest BCUT2D eigenvalue weighted by Gasteiger charge is -2.30. The quantitative estimate of drug-likeness (QED) is 0.687. The van der Waals surface area contributed by atoms with E-state index in [2.05, 4.69) is 5.32 Å². The van der Waals surface area contributed by atoms with Crippen LogP contribution in [0.3, 0.4) is 0 Å². The number of alkyl halides is 5. The molecule has 4 nitrogen and oxygen atoms in total. The number of aliphatic hydroxyl groups excluding tert-OH is 1. The van der Waals surface area contributed by atoms with Crippen LogP contribution in [0.4, 0.5) is 22.0 Å². The van der Waals surface area contributed by atoms with Gasteiger partial charge in [0.1, 0.15) is 0 Å². The molecule has 1 fully saturated rings. The van der Waals surface area contributed by atoms with Crippen LogP contribution >= 0.6 is 0 Å². The molecule has 0 spiro atoms. The van der Waals surface area contributed by atoms with Gasteiger partial charge in [0, 0.05) is 20.1 Å². The van der Waals surface area contributed by atoms with Crippen LogP contribution < -0.4 is 5.32 Å². The van der Waals surface area contributed by atoms with E-state index in [9.17, 15) is 31.9 Å². The van der Waals surface area contributed by atoms with Gasteiger partial charge in [-0.2, -0.15) is 22.0 Å². The lowest BCUT2D eigenvalue weighted by atomic mass is 10.1. The highest BCUT2D eigenvalue weighted by molar-refractivity contribution is 5.84. The zero-order chi connectivity index (χ0) is 13.4. The molecule has 0 aromatic heterocycles. The van der Waals surface area contributed by atoms with Gasteiger partial charge in [-0.1, -0.05) is 0 Å². The van der Waals surface area contributed by atoms with Crippen molar-refractivity contribution in [1.29, 1.82) is 0 Å². The van der Waals surface area contributed by atoms with E-state index < -0.39 is 30.2 Å². The average molecular weight is 262 g/mol. The summed E-state index contributed by atoms with van der Waals surface area (Å²) >= 11 is 0. The number of nitrogens with one attached hydrogen (secondary N) is 1. The lowest BCUT2D eigenvalue weighted by Crippen LogP contribution is -2.55. The number of carbonyl (C=O) groups excluding carboxylic acids is 1. The number of carbonyl (C=O) groups is 1. The van der Waals surface area contributed by atoms with E-state index in [4.69, 9.17) is 0 Å². The number of hydrogen-bond donors (Lipinski definition) is 2. The zero-order valence-electron chi connectivity index (χ0n) is 8.76. The Morgan fingerprint density at radius 2 is 1.82 bits per heavy atom. The highest BCUT2D eigenvalue weighted by Crippen LogP contribution is 2.37. The molecular formula is C8H11F5N2O2. The molecular weight excluding hydrogens is 251 g/mol. The molecule has 0 unspecified atom stereocenters. The minimum Gasteiger partial charge on any atom is -0.390 e. The predicted molar refractivity (Wildman–Crippen MR) is 46.4 cm³/mol. The Hall–Kier alpha value is -0.960. The van der Waals surface area contributed by atoms with Crippen LogP contribution in [0.25, 0.3) is 0 Å². The van der Waals surface area contributed by atoms with Crippen molar-refractivity contribution in [2.24, 2.45) is 0 Å². The second kappa shape index (κ2) is 4.37. The predicted octanol–water partition coefficient (Wildman–Crippen LogP) is -0.0249. The highest BCUT2D eigenvalue weighted by Gasteiger charge is 2.65. The molecule has 1 aliphatic rings.